The van der Waals surface area contributed by atoms with Crippen molar-refractivity contribution in [1.82, 2.24) is 15.0 Å². The Balaban J connectivity index is 2.05. The number of nitrogen functional groups attached to an aromatic ring is 1. The number of aromatic nitrogens is 3. The zero-order valence-electron chi connectivity index (χ0n) is 11.7. The summed E-state index contributed by atoms with van der Waals surface area (Å²) in [7, 11) is -0.891. The molecule has 2 heterocycles. The Morgan fingerprint density at radius 2 is 2.10 bits per heavy atom. The molecule has 112 valence electrons. The van der Waals surface area contributed by atoms with Crippen molar-refractivity contribution >= 4 is 28.6 Å². The molecule has 0 amide bonds. The van der Waals surface area contributed by atoms with E-state index in [1.54, 1.807) is 6.26 Å². The number of nitrogens with zero attached hydrogens (tertiary/aromatic N) is 4. The fourth-order valence-electron chi connectivity index (χ4n) is 1.72. The Morgan fingerprint density at radius 1 is 1.40 bits per heavy atom. The number of morpholine rings is 1. The van der Waals surface area contributed by atoms with E-state index in [9.17, 15) is 4.21 Å². The maximum Gasteiger partial charge on any atom is 0.232 e. The SMILES string of the molecule is CC(CNc1nc(N)nc(N2CCOCC2)n1)S(C)=O. The van der Waals surface area contributed by atoms with Crippen LogP contribution in [0.4, 0.5) is 17.8 Å². The first-order chi connectivity index (χ1) is 9.56. The monoisotopic (exact) mass is 300 g/mol. The zero-order valence-corrected chi connectivity index (χ0v) is 12.5. The Morgan fingerprint density at radius 3 is 2.75 bits per heavy atom. The van der Waals surface area contributed by atoms with Crippen molar-refractivity contribution in [3.8, 4) is 0 Å². The third-order valence-corrected chi connectivity index (χ3v) is 4.35. The van der Waals surface area contributed by atoms with Crippen LogP contribution >= 0.6 is 0 Å². The second kappa shape index (κ2) is 6.80. The number of nitrogens with two attached hydrogens (primary N) is 1. The van der Waals surface area contributed by atoms with E-state index in [2.05, 4.69) is 20.3 Å². The van der Waals surface area contributed by atoms with Crippen molar-refractivity contribution in [2.45, 2.75) is 12.2 Å². The van der Waals surface area contributed by atoms with Gasteiger partial charge < -0.3 is 20.7 Å². The maximum absolute atomic E-state index is 11.3. The molecule has 3 N–H and O–H groups in total. The Hall–Kier alpha value is -1.48. The summed E-state index contributed by atoms with van der Waals surface area (Å²) < 4.78 is 16.6. The molecular weight excluding hydrogens is 280 g/mol. The molecule has 2 atom stereocenters. The van der Waals surface area contributed by atoms with Gasteiger partial charge in [0, 0.05) is 41.9 Å². The van der Waals surface area contributed by atoms with Crippen molar-refractivity contribution < 1.29 is 8.95 Å². The number of nitrogens with one attached hydrogen (secondary N) is 1. The first-order valence-electron chi connectivity index (χ1n) is 6.46. The first kappa shape index (κ1) is 14.9. The predicted molar refractivity (Wildman–Crippen MR) is 79.3 cm³/mol. The quantitative estimate of drug-likeness (QED) is 0.747. The minimum absolute atomic E-state index is 0.0137. The smallest absolute Gasteiger partial charge is 0.232 e. The first-order valence-corrected chi connectivity index (χ1v) is 8.08. The molecule has 2 rings (SSSR count). The lowest BCUT2D eigenvalue weighted by atomic mass is 10.4. The summed E-state index contributed by atoms with van der Waals surface area (Å²) in [4.78, 5) is 14.5. The Kier molecular flexibility index (Phi) is 5.07. The highest BCUT2D eigenvalue weighted by atomic mass is 32.2. The number of ether oxygens (including phenoxy) is 1. The van der Waals surface area contributed by atoms with Gasteiger partial charge in [-0.05, 0) is 6.92 Å². The number of hydrogen-bond donors (Lipinski definition) is 2. The van der Waals surface area contributed by atoms with E-state index < -0.39 is 10.8 Å². The molecule has 0 aliphatic carbocycles. The van der Waals surface area contributed by atoms with Gasteiger partial charge in [0.15, 0.2) is 0 Å². The average molecular weight is 300 g/mol. The van der Waals surface area contributed by atoms with Gasteiger partial charge in [-0.2, -0.15) is 15.0 Å². The highest BCUT2D eigenvalue weighted by Crippen LogP contribution is 2.13. The molecule has 9 heteroatoms. The second-order valence-electron chi connectivity index (χ2n) is 4.61. The second-order valence-corrected chi connectivity index (χ2v) is 6.41. The number of rotatable bonds is 5. The van der Waals surface area contributed by atoms with Gasteiger partial charge in [-0.25, -0.2) is 0 Å². The van der Waals surface area contributed by atoms with E-state index in [-0.39, 0.29) is 11.2 Å². The van der Waals surface area contributed by atoms with Crippen molar-refractivity contribution in [3.05, 3.63) is 0 Å². The van der Waals surface area contributed by atoms with Crippen molar-refractivity contribution in [3.63, 3.8) is 0 Å². The van der Waals surface area contributed by atoms with E-state index in [0.29, 0.717) is 31.7 Å². The molecule has 0 radical (unpaired) electrons. The Bertz CT molecular complexity index is 480. The van der Waals surface area contributed by atoms with Crippen LogP contribution in [0.3, 0.4) is 0 Å². The van der Waals surface area contributed by atoms with Crippen LogP contribution in [0.15, 0.2) is 0 Å². The summed E-state index contributed by atoms with van der Waals surface area (Å²) in [5, 5.41) is 3.07. The molecule has 2 unspecified atom stereocenters. The third-order valence-electron chi connectivity index (χ3n) is 3.05. The van der Waals surface area contributed by atoms with Gasteiger partial charge in [-0.3, -0.25) is 4.21 Å². The van der Waals surface area contributed by atoms with E-state index in [4.69, 9.17) is 10.5 Å². The van der Waals surface area contributed by atoms with Gasteiger partial charge in [0.25, 0.3) is 0 Å². The van der Waals surface area contributed by atoms with Crippen LogP contribution in [0.1, 0.15) is 6.92 Å². The summed E-state index contributed by atoms with van der Waals surface area (Å²) in [5.41, 5.74) is 5.71. The fourth-order valence-corrected chi connectivity index (χ4v) is 2.03. The van der Waals surface area contributed by atoms with Gasteiger partial charge in [0.05, 0.1) is 13.2 Å². The molecule has 1 aliphatic heterocycles. The summed E-state index contributed by atoms with van der Waals surface area (Å²) in [6.45, 7) is 5.20. The molecule has 1 aromatic heterocycles. The lowest BCUT2D eigenvalue weighted by molar-refractivity contribution is 0.122. The molecule has 0 aromatic carbocycles. The van der Waals surface area contributed by atoms with E-state index in [1.807, 2.05) is 11.8 Å². The molecule has 1 fully saturated rings. The van der Waals surface area contributed by atoms with Crippen LogP contribution in [0.2, 0.25) is 0 Å². The third kappa shape index (κ3) is 4.01. The highest BCUT2D eigenvalue weighted by molar-refractivity contribution is 7.84. The van der Waals surface area contributed by atoms with E-state index in [1.165, 1.54) is 0 Å². The topological polar surface area (TPSA) is 106 Å². The molecule has 20 heavy (non-hydrogen) atoms. The molecule has 8 nitrogen and oxygen atoms in total. The summed E-state index contributed by atoms with van der Waals surface area (Å²) >= 11 is 0. The van der Waals surface area contributed by atoms with E-state index >= 15 is 0 Å². The van der Waals surface area contributed by atoms with Crippen LogP contribution in [0.25, 0.3) is 0 Å². The summed E-state index contributed by atoms with van der Waals surface area (Å²) in [5.74, 6) is 1.14. The zero-order chi connectivity index (χ0) is 14.5. The fraction of sp³-hybridized carbons (Fsp3) is 0.727. The highest BCUT2D eigenvalue weighted by Gasteiger charge is 2.16. The number of anilines is 3. The summed E-state index contributed by atoms with van der Waals surface area (Å²) in [6.07, 6.45) is 1.67. The minimum atomic E-state index is -0.891. The molecule has 1 aromatic rings. The molecule has 0 spiro atoms. The van der Waals surface area contributed by atoms with Crippen molar-refractivity contribution in [2.24, 2.45) is 0 Å². The van der Waals surface area contributed by atoms with Gasteiger partial charge in [0.2, 0.25) is 17.8 Å². The lowest BCUT2D eigenvalue weighted by Crippen LogP contribution is -2.37. The van der Waals surface area contributed by atoms with E-state index in [0.717, 1.165) is 13.1 Å². The molecular formula is C11H20N6O2S. The van der Waals surface area contributed by atoms with Gasteiger partial charge >= 0.3 is 0 Å². The largest absolute Gasteiger partial charge is 0.378 e. The summed E-state index contributed by atoms with van der Waals surface area (Å²) in [6, 6.07) is 0. The van der Waals surface area contributed by atoms with Gasteiger partial charge in [-0.1, -0.05) is 0 Å². The van der Waals surface area contributed by atoms with Crippen LogP contribution in [-0.4, -0.2) is 63.5 Å². The average Bonchev–Trinajstić information content (AvgIpc) is 2.45. The van der Waals surface area contributed by atoms with Crippen LogP contribution in [0.5, 0.6) is 0 Å². The maximum atomic E-state index is 11.3. The normalized spacial score (nSPS) is 18.6. The van der Waals surface area contributed by atoms with Crippen molar-refractivity contribution in [2.75, 3.05) is 55.1 Å². The molecule has 1 aliphatic rings. The number of hydrogen-bond acceptors (Lipinski definition) is 8. The minimum Gasteiger partial charge on any atom is -0.378 e. The molecule has 0 saturated carbocycles. The predicted octanol–water partition coefficient (Wildman–Crippen LogP) is -0.531. The van der Waals surface area contributed by atoms with Crippen LogP contribution in [-0.2, 0) is 15.5 Å². The van der Waals surface area contributed by atoms with Gasteiger partial charge in [0.1, 0.15) is 0 Å². The lowest BCUT2D eigenvalue weighted by Gasteiger charge is -2.26. The molecule has 1 saturated heterocycles. The van der Waals surface area contributed by atoms with Crippen LogP contribution < -0.4 is 16.0 Å². The Labute approximate surface area is 120 Å². The molecule has 0 bridgehead atoms. The standard InChI is InChI=1S/C11H20N6O2S/c1-8(20(2)18)7-13-10-14-9(12)15-11(16-10)17-3-5-19-6-4-17/h8H,3-7H2,1-2H3,(H3,12,13,14,15,16). The van der Waals surface area contributed by atoms with Crippen molar-refractivity contribution in [1.29, 1.82) is 0 Å². The van der Waals surface area contributed by atoms with Crippen LogP contribution in [0, 0.1) is 0 Å². The van der Waals surface area contributed by atoms with Gasteiger partial charge in [-0.15, -0.1) is 0 Å².